The third-order valence-electron chi connectivity index (χ3n) is 5.49. The van der Waals surface area contributed by atoms with Crippen LogP contribution in [0.5, 0.6) is 0 Å². The van der Waals surface area contributed by atoms with E-state index in [1.807, 2.05) is 30.9 Å². The highest BCUT2D eigenvalue weighted by Gasteiger charge is 2.39. The lowest BCUT2D eigenvalue weighted by Gasteiger charge is -2.31. The van der Waals surface area contributed by atoms with Crippen molar-refractivity contribution in [2.45, 2.75) is 39.2 Å². The van der Waals surface area contributed by atoms with Gasteiger partial charge >= 0.3 is 0 Å². The van der Waals surface area contributed by atoms with Gasteiger partial charge in [-0.1, -0.05) is 20.3 Å². The Morgan fingerprint density at radius 2 is 2.11 bits per heavy atom. The molecule has 2 aliphatic rings. The van der Waals surface area contributed by atoms with Crippen molar-refractivity contribution in [1.29, 1.82) is 0 Å². The van der Waals surface area contributed by atoms with Crippen LogP contribution in [0.25, 0.3) is 0 Å². The van der Waals surface area contributed by atoms with Gasteiger partial charge in [-0.2, -0.15) is 0 Å². The highest BCUT2D eigenvalue weighted by atomic mass is 16.5. The number of rotatable bonds is 5. The van der Waals surface area contributed by atoms with E-state index in [1.165, 1.54) is 6.42 Å². The first-order chi connectivity index (χ1) is 13.0. The van der Waals surface area contributed by atoms with E-state index >= 15 is 0 Å². The van der Waals surface area contributed by atoms with Crippen LogP contribution < -0.4 is 10.2 Å². The standard InChI is InChI=1S/C20H30N4O3/c1-14(2)20(26)22-16-7-8-18(21-10-16)24-9-5-4-6-15-11-23(12-17(15)24)19(25)13-27-3/h7-8,10,14-15,17H,4-6,9,11-13H2,1-3H3,(H,22,26)/t15-,17+/m1/s1. The van der Waals surface area contributed by atoms with Gasteiger partial charge in [0.2, 0.25) is 11.8 Å². The normalized spacial score (nSPS) is 22.5. The number of anilines is 2. The van der Waals surface area contributed by atoms with Gasteiger partial charge in [0.15, 0.2) is 0 Å². The predicted octanol–water partition coefficient (Wildman–Crippen LogP) is 2.14. The van der Waals surface area contributed by atoms with E-state index in [4.69, 9.17) is 4.74 Å². The molecular formula is C20H30N4O3. The molecule has 0 saturated carbocycles. The van der Waals surface area contributed by atoms with Gasteiger partial charge in [-0.05, 0) is 30.9 Å². The van der Waals surface area contributed by atoms with Crippen LogP contribution in [0, 0.1) is 11.8 Å². The van der Waals surface area contributed by atoms with Crippen LogP contribution in [0.1, 0.15) is 33.1 Å². The predicted molar refractivity (Wildman–Crippen MR) is 105 cm³/mol. The molecule has 3 heterocycles. The van der Waals surface area contributed by atoms with Crippen LogP contribution in [0.2, 0.25) is 0 Å². The Bertz CT molecular complexity index is 662. The van der Waals surface area contributed by atoms with Gasteiger partial charge in [-0.3, -0.25) is 9.59 Å². The number of aromatic nitrogens is 1. The molecule has 27 heavy (non-hydrogen) atoms. The third kappa shape index (κ3) is 4.58. The smallest absolute Gasteiger partial charge is 0.248 e. The van der Waals surface area contributed by atoms with Gasteiger partial charge < -0.3 is 19.9 Å². The SMILES string of the molecule is COCC(=O)N1C[C@H]2CCCCN(c3ccc(NC(=O)C(C)C)cn3)[C@H]2C1. The minimum Gasteiger partial charge on any atom is -0.375 e. The molecule has 7 heteroatoms. The molecule has 2 atom stereocenters. The highest BCUT2D eigenvalue weighted by Crippen LogP contribution is 2.32. The maximum Gasteiger partial charge on any atom is 0.248 e. The van der Waals surface area contributed by atoms with Gasteiger partial charge in [0.05, 0.1) is 17.9 Å². The zero-order valence-corrected chi connectivity index (χ0v) is 16.5. The Morgan fingerprint density at radius 1 is 1.30 bits per heavy atom. The second-order valence-corrected chi connectivity index (χ2v) is 7.80. The average molecular weight is 374 g/mol. The van der Waals surface area contributed by atoms with Gasteiger partial charge in [-0.25, -0.2) is 4.98 Å². The van der Waals surface area contributed by atoms with E-state index < -0.39 is 0 Å². The maximum atomic E-state index is 12.2. The van der Waals surface area contributed by atoms with E-state index in [0.717, 1.165) is 38.3 Å². The van der Waals surface area contributed by atoms with E-state index in [1.54, 1.807) is 13.3 Å². The van der Waals surface area contributed by atoms with Gasteiger partial charge in [-0.15, -0.1) is 0 Å². The second kappa shape index (κ2) is 8.69. The Balaban J connectivity index is 1.72. The fourth-order valence-electron chi connectivity index (χ4n) is 3.96. The molecule has 1 aromatic heterocycles. The summed E-state index contributed by atoms with van der Waals surface area (Å²) in [5.41, 5.74) is 0.715. The zero-order chi connectivity index (χ0) is 19.4. The van der Waals surface area contributed by atoms with Crippen molar-refractivity contribution >= 4 is 23.3 Å². The largest absolute Gasteiger partial charge is 0.375 e. The Morgan fingerprint density at radius 3 is 2.78 bits per heavy atom. The Hall–Kier alpha value is -2.15. The number of hydrogen-bond acceptors (Lipinski definition) is 5. The number of amides is 2. The van der Waals surface area contributed by atoms with Crippen molar-refractivity contribution in [3.63, 3.8) is 0 Å². The van der Waals surface area contributed by atoms with Crippen LogP contribution in [-0.2, 0) is 14.3 Å². The molecule has 7 nitrogen and oxygen atoms in total. The van der Waals surface area contributed by atoms with Crippen LogP contribution in [0.4, 0.5) is 11.5 Å². The van der Waals surface area contributed by atoms with Crippen LogP contribution in [0.3, 0.4) is 0 Å². The van der Waals surface area contributed by atoms with E-state index in [2.05, 4.69) is 15.2 Å². The lowest BCUT2D eigenvalue weighted by atomic mass is 9.98. The van der Waals surface area contributed by atoms with Gasteiger partial charge in [0, 0.05) is 32.7 Å². The zero-order valence-electron chi connectivity index (χ0n) is 16.5. The average Bonchev–Trinajstić information content (AvgIpc) is 2.97. The molecule has 0 aliphatic carbocycles. The molecule has 148 valence electrons. The summed E-state index contributed by atoms with van der Waals surface area (Å²) in [4.78, 5) is 33.0. The molecule has 2 fully saturated rings. The molecule has 3 rings (SSSR count). The molecule has 0 bridgehead atoms. The first kappa shape index (κ1) is 19.6. The molecule has 1 N–H and O–H groups in total. The summed E-state index contributed by atoms with van der Waals surface area (Å²) in [5.74, 6) is 1.36. The number of fused-ring (bicyclic) bond motifs is 1. The van der Waals surface area contributed by atoms with E-state index in [-0.39, 0.29) is 30.4 Å². The molecule has 1 aromatic rings. The number of hydrogen-bond donors (Lipinski definition) is 1. The number of likely N-dealkylation sites (tertiary alicyclic amines) is 1. The summed E-state index contributed by atoms with van der Waals surface area (Å²) in [6.07, 6.45) is 5.16. The third-order valence-corrected chi connectivity index (χ3v) is 5.49. The molecular weight excluding hydrogens is 344 g/mol. The monoisotopic (exact) mass is 374 g/mol. The summed E-state index contributed by atoms with van der Waals surface area (Å²) >= 11 is 0. The van der Waals surface area contributed by atoms with E-state index in [0.29, 0.717) is 11.6 Å². The number of pyridine rings is 1. The Labute approximate surface area is 161 Å². The fraction of sp³-hybridized carbons (Fsp3) is 0.650. The number of ether oxygens (including phenoxy) is 1. The number of nitrogens with one attached hydrogen (secondary N) is 1. The summed E-state index contributed by atoms with van der Waals surface area (Å²) in [5, 5.41) is 2.88. The molecule has 0 unspecified atom stereocenters. The first-order valence-corrected chi connectivity index (χ1v) is 9.80. The summed E-state index contributed by atoms with van der Waals surface area (Å²) in [7, 11) is 1.56. The van der Waals surface area contributed by atoms with Crippen LogP contribution in [-0.4, -0.2) is 61.1 Å². The van der Waals surface area contributed by atoms with Crippen molar-refractivity contribution in [2.24, 2.45) is 11.8 Å². The van der Waals surface area contributed by atoms with Gasteiger partial charge in [0.25, 0.3) is 0 Å². The molecule has 2 amide bonds. The fourth-order valence-corrected chi connectivity index (χ4v) is 3.96. The summed E-state index contributed by atoms with van der Waals surface area (Å²) in [6, 6.07) is 4.17. The van der Waals surface area contributed by atoms with Crippen molar-refractivity contribution < 1.29 is 14.3 Å². The maximum absolute atomic E-state index is 12.2. The number of carbonyl (C=O) groups excluding carboxylic acids is 2. The lowest BCUT2D eigenvalue weighted by Crippen LogP contribution is -2.41. The molecule has 0 radical (unpaired) electrons. The van der Waals surface area contributed by atoms with Crippen LogP contribution >= 0.6 is 0 Å². The summed E-state index contributed by atoms with van der Waals surface area (Å²) in [6.45, 7) is 6.34. The first-order valence-electron chi connectivity index (χ1n) is 9.80. The molecule has 2 aliphatic heterocycles. The quantitative estimate of drug-likeness (QED) is 0.855. The van der Waals surface area contributed by atoms with Crippen molar-refractivity contribution in [3.8, 4) is 0 Å². The lowest BCUT2D eigenvalue weighted by molar-refractivity contribution is -0.134. The molecule has 0 spiro atoms. The number of carbonyl (C=O) groups is 2. The topological polar surface area (TPSA) is 74.8 Å². The minimum atomic E-state index is -0.0647. The second-order valence-electron chi connectivity index (χ2n) is 7.80. The van der Waals surface area contributed by atoms with Crippen molar-refractivity contribution in [1.82, 2.24) is 9.88 Å². The summed E-state index contributed by atoms with van der Waals surface area (Å²) < 4.78 is 5.02. The van der Waals surface area contributed by atoms with Crippen LogP contribution in [0.15, 0.2) is 18.3 Å². The van der Waals surface area contributed by atoms with Crippen molar-refractivity contribution in [2.75, 3.05) is 43.6 Å². The van der Waals surface area contributed by atoms with Gasteiger partial charge in [0.1, 0.15) is 12.4 Å². The van der Waals surface area contributed by atoms with E-state index in [9.17, 15) is 9.59 Å². The molecule has 0 aromatic carbocycles. The van der Waals surface area contributed by atoms with Crippen molar-refractivity contribution in [3.05, 3.63) is 18.3 Å². The minimum absolute atomic E-state index is 0.0116. The number of nitrogens with zero attached hydrogens (tertiary/aromatic N) is 3. The Kier molecular flexibility index (Phi) is 6.31. The molecule has 2 saturated heterocycles. The highest BCUT2D eigenvalue weighted by molar-refractivity contribution is 5.91. The number of methoxy groups -OCH3 is 1.